The highest BCUT2D eigenvalue weighted by Gasteiger charge is 2.20. The van der Waals surface area contributed by atoms with Crippen molar-refractivity contribution in [1.82, 2.24) is 15.5 Å². The Hall–Kier alpha value is -2.50. The smallest absolute Gasteiger partial charge is 0.249 e. The summed E-state index contributed by atoms with van der Waals surface area (Å²) < 4.78 is 18.1. The fourth-order valence-electron chi connectivity index (χ4n) is 2.59. The summed E-state index contributed by atoms with van der Waals surface area (Å²) in [4.78, 5) is 16.3. The molecule has 1 N–H and O–H groups in total. The van der Waals surface area contributed by atoms with Gasteiger partial charge >= 0.3 is 0 Å². The molecular weight excluding hydrogens is 297 g/mol. The summed E-state index contributed by atoms with van der Waals surface area (Å²) in [6.07, 6.45) is 6.73. The van der Waals surface area contributed by atoms with E-state index in [9.17, 15) is 9.18 Å². The van der Waals surface area contributed by atoms with E-state index in [1.807, 2.05) is 0 Å². The Balaban J connectivity index is 1.61. The minimum atomic E-state index is -0.366. The summed E-state index contributed by atoms with van der Waals surface area (Å²) in [7, 11) is 0. The lowest BCUT2D eigenvalue weighted by Crippen LogP contribution is -2.28. The first-order chi connectivity index (χ1) is 11.1. The van der Waals surface area contributed by atoms with E-state index in [0.717, 1.165) is 12.8 Å². The number of hydrogen-bond donors (Lipinski definition) is 1. The van der Waals surface area contributed by atoms with Crippen LogP contribution in [0.25, 0.3) is 11.4 Å². The number of carbonyl (C=O) groups is 1. The third-order valence-electron chi connectivity index (χ3n) is 3.85. The van der Waals surface area contributed by atoms with E-state index >= 15 is 0 Å². The lowest BCUT2D eigenvalue weighted by Gasteiger charge is -2.11. The second-order valence-electron chi connectivity index (χ2n) is 5.72. The third-order valence-corrected chi connectivity index (χ3v) is 3.85. The van der Waals surface area contributed by atoms with Crippen molar-refractivity contribution in [2.24, 2.45) is 5.92 Å². The van der Waals surface area contributed by atoms with Gasteiger partial charge in [-0.15, -0.1) is 0 Å². The minimum absolute atomic E-state index is 0.0319. The molecule has 0 spiro atoms. The standard InChI is InChI=1S/C17H18FN3O2/c1-11(19-15(22)10-12-4-2-3-5-12)17-20-16(21-23-17)13-6-8-14(18)9-7-13/h2,4,6-9,11-12H,3,5,10H2,1H3,(H,19,22). The monoisotopic (exact) mass is 315 g/mol. The van der Waals surface area contributed by atoms with Crippen LogP contribution < -0.4 is 5.32 Å². The van der Waals surface area contributed by atoms with Crippen LogP contribution in [-0.4, -0.2) is 16.0 Å². The van der Waals surface area contributed by atoms with Crippen LogP contribution in [0.4, 0.5) is 4.39 Å². The Morgan fingerprint density at radius 1 is 1.43 bits per heavy atom. The third kappa shape index (κ3) is 3.83. The highest BCUT2D eigenvalue weighted by Crippen LogP contribution is 2.22. The van der Waals surface area contributed by atoms with Gasteiger partial charge in [-0.25, -0.2) is 4.39 Å². The maximum Gasteiger partial charge on any atom is 0.249 e. The van der Waals surface area contributed by atoms with Gasteiger partial charge in [0.1, 0.15) is 11.9 Å². The van der Waals surface area contributed by atoms with E-state index in [4.69, 9.17) is 4.52 Å². The fraction of sp³-hybridized carbons (Fsp3) is 0.353. The zero-order valence-corrected chi connectivity index (χ0v) is 12.8. The van der Waals surface area contributed by atoms with E-state index in [0.29, 0.717) is 29.6 Å². The van der Waals surface area contributed by atoms with Crippen molar-refractivity contribution in [3.05, 3.63) is 48.1 Å². The number of nitrogens with zero attached hydrogens (tertiary/aromatic N) is 2. The molecule has 1 aromatic heterocycles. The number of nitrogens with one attached hydrogen (secondary N) is 1. The van der Waals surface area contributed by atoms with Crippen molar-refractivity contribution in [1.29, 1.82) is 0 Å². The number of carbonyl (C=O) groups excluding carboxylic acids is 1. The molecule has 0 fully saturated rings. The molecule has 0 radical (unpaired) electrons. The number of hydrogen-bond acceptors (Lipinski definition) is 4. The average Bonchev–Trinajstić information content (AvgIpc) is 3.19. The molecule has 1 aliphatic rings. The van der Waals surface area contributed by atoms with Gasteiger partial charge in [0.05, 0.1) is 0 Å². The zero-order chi connectivity index (χ0) is 16.2. The molecule has 6 heteroatoms. The van der Waals surface area contributed by atoms with E-state index in [1.54, 1.807) is 19.1 Å². The fourth-order valence-corrected chi connectivity index (χ4v) is 2.59. The topological polar surface area (TPSA) is 68.0 Å². The van der Waals surface area contributed by atoms with Crippen LogP contribution in [0.5, 0.6) is 0 Å². The van der Waals surface area contributed by atoms with Crippen molar-refractivity contribution < 1.29 is 13.7 Å². The summed E-state index contributed by atoms with van der Waals surface area (Å²) >= 11 is 0. The number of amides is 1. The first-order valence-electron chi connectivity index (χ1n) is 7.67. The van der Waals surface area contributed by atoms with Gasteiger partial charge in [-0.1, -0.05) is 17.3 Å². The minimum Gasteiger partial charge on any atom is -0.345 e. The van der Waals surface area contributed by atoms with Crippen LogP contribution >= 0.6 is 0 Å². The lowest BCUT2D eigenvalue weighted by molar-refractivity contribution is -0.122. The van der Waals surface area contributed by atoms with Crippen molar-refractivity contribution >= 4 is 5.91 Å². The van der Waals surface area contributed by atoms with Gasteiger partial charge in [-0.05, 0) is 49.9 Å². The molecule has 2 atom stereocenters. The van der Waals surface area contributed by atoms with E-state index < -0.39 is 0 Å². The molecule has 2 aromatic rings. The maximum atomic E-state index is 12.9. The maximum absolute atomic E-state index is 12.9. The second kappa shape index (κ2) is 6.73. The van der Waals surface area contributed by atoms with Gasteiger partial charge in [0.2, 0.25) is 17.6 Å². The summed E-state index contributed by atoms with van der Waals surface area (Å²) in [5.41, 5.74) is 0.663. The van der Waals surface area contributed by atoms with E-state index in [2.05, 4.69) is 27.6 Å². The normalized spacial score (nSPS) is 18.1. The Labute approximate surface area is 133 Å². The molecule has 0 saturated heterocycles. The molecule has 1 amide bonds. The van der Waals surface area contributed by atoms with Crippen molar-refractivity contribution in [2.75, 3.05) is 0 Å². The summed E-state index contributed by atoms with van der Waals surface area (Å²) in [6, 6.07) is 5.48. The van der Waals surface area contributed by atoms with Crippen molar-refractivity contribution in [2.45, 2.75) is 32.2 Å². The quantitative estimate of drug-likeness (QED) is 0.859. The summed E-state index contributed by atoms with van der Waals surface area (Å²) in [5.74, 6) is 0.675. The predicted molar refractivity (Wildman–Crippen MR) is 82.7 cm³/mol. The van der Waals surface area contributed by atoms with Crippen LogP contribution in [-0.2, 0) is 4.79 Å². The van der Waals surface area contributed by atoms with Crippen LogP contribution in [0, 0.1) is 11.7 Å². The Kier molecular flexibility index (Phi) is 4.50. The van der Waals surface area contributed by atoms with Gasteiger partial charge in [-0.3, -0.25) is 4.79 Å². The SMILES string of the molecule is CC(NC(=O)CC1C=CCC1)c1nc(-c2ccc(F)cc2)no1. The molecule has 1 aliphatic carbocycles. The molecule has 1 aromatic carbocycles. The van der Waals surface area contributed by atoms with Gasteiger partial charge in [-0.2, -0.15) is 4.98 Å². The lowest BCUT2D eigenvalue weighted by atomic mass is 10.0. The molecule has 1 heterocycles. The molecular formula is C17H18FN3O2. The first kappa shape index (κ1) is 15.4. The molecule has 5 nitrogen and oxygen atoms in total. The number of allylic oxidation sites excluding steroid dienone is 2. The largest absolute Gasteiger partial charge is 0.345 e. The van der Waals surface area contributed by atoms with E-state index in [-0.39, 0.29) is 17.8 Å². The van der Waals surface area contributed by atoms with E-state index in [1.165, 1.54) is 12.1 Å². The number of aromatic nitrogens is 2. The predicted octanol–water partition coefficient (Wildman–Crippen LogP) is 3.41. The molecule has 120 valence electrons. The second-order valence-corrected chi connectivity index (χ2v) is 5.72. The average molecular weight is 315 g/mol. The van der Waals surface area contributed by atoms with Crippen LogP contribution in [0.3, 0.4) is 0 Å². The highest BCUT2D eigenvalue weighted by molar-refractivity contribution is 5.76. The first-order valence-corrected chi connectivity index (χ1v) is 7.67. The zero-order valence-electron chi connectivity index (χ0n) is 12.8. The van der Waals surface area contributed by atoms with Crippen molar-refractivity contribution in [3.63, 3.8) is 0 Å². The highest BCUT2D eigenvalue weighted by atomic mass is 19.1. The number of rotatable bonds is 5. The van der Waals surface area contributed by atoms with Gasteiger partial charge in [0.15, 0.2) is 0 Å². The summed E-state index contributed by atoms with van der Waals surface area (Å²) in [6.45, 7) is 1.80. The molecule has 0 saturated carbocycles. The Morgan fingerprint density at radius 3 is 2.91 bits per heavy atom. The van der Waals surface area contributed by atoms with Gasteiger partial charge < -0.3 is 9.84 Å². The van der Waals surface area contributed by atoms with Crippen LogP contribution in [0.2, 0.25) is 0 Å². The summed E-state index contributed by atoms with van der Waals surface area (Å²) in [5, 5.41) is 6.74. The Morgan fingerprint density at radius 2 is 2.22 bits per heavy atom. The molecule has 23 heavy (non-hydrogen) atoms. The van der Waals surface area contributed by atoms with Crippen molar-refractivity contribution in [3.8, 4) is 11.4 Å². The van der Waals surface area contributed by atoms with Crippen LogP contribution in [0.1, 0.15) is 38.1 Å². The van der Waals surface area contributed by atoms with Gasteiger partial charge in [0.25, 0.3) is 0 Å². The number of benzene rings is 1. The Bertz CT molecular complexity index is 709. The van der Waals surface area contributed by atoms with Gasteiger partial charge in [0, 0.05) is 12.0 Å². The molecule has 2 unspecified atom stereocenters. The molecule has 3 rings (SSSR count). The number of halogens is 1. The van der Waals surface area contributed by atoms with Crippen LogP contribution in [0.15, 0.2) is 40.9 Å². The molecule has 0 aliphatic heterocycles. The molecule has 0 bridgehead atoms.